The molecule has 0 saturated carbocycles. The number of furan rings is 1. The molecule has 0 unspecified atom stereocenters. The third-order valence-corrected chi connectivity index (χ3v) is 3.74. The van der Waals surface area contributed by atoms with E-state index in [9.17, 15) is 9.59 Å². The van der Waals surface area contributed by atoms with Gasteiger partial charge in [-0.2, -0.15) is 0 Å². The van der Waals surface area contributed by atoms with Gasteiger partial charge in [-0.25, -0.2) is 9.97 Å². The van der Waals surface area contributed by atoms with E-state index in [0.29, 0.717) is 31.2 Å². The first kappa shape index (κ1) is 16.8. The molecule has 3 rings (SSSR count). The predicted octanol–water partition coefficient (Wildman–Crippen LogP) is 1.98. The number of nitrogens with zero attached hydrogens (tertiary/aromatic N) is 3. The first-order valence-corrected chi connectivity index (χ1v) is 7.81. The summed E-state index contributed by atoms with van der Waals surface area (Å²) in [6.45, 7) is 2.60. The second-order valence-electron chi connectivity index (χ2n) is 5.47. The van der Waals surface area contributed by atoms with Crippen LogP contribution in [0.15, 0.2) is 39.9 Å². The molecule has 3 aromatic heterocycles. The Morgan fingerprint density at radius 2 is 2.20 bits per heavy atom. The third kappa shape index (κ3) is 3.43. The van der Waals surface area contributed by atoms with Gasteiger partial charge in [-0.1, -0.05) is 6.07 Å². The van der Waals surface area contributed by atoms with Crippen molar-refractivity contribution in [1.82, 2.24) is 14.5 Å². The van der Waals surface area contributed by atoms with E-state index in [2.05, 4.69) is 15.3 Å². The van der Waals surface area contributed by atoms with Gasteiger partial charge in [0.15, 0.2) is 0 Å². The standard InChI is InChI=1S/C17H18N4O4/c1-11-13(15(22)20-12-6-3-4-7-18-12)14-16(25-11)19-10-21(17(14)23)8-5-9-24-2/h3-4,6-7,10H,5,8-9H2,1-2H3,(H,18,20,22). The molecule has 0 atom stereocenters. The molecule has 0 saturated heterocycles. The molecule has 25 heavy (non-hydrogen) atoms. The van der Waals surface area contributed by atoms with E-state index >= 15 is 0 Å². The topological polar surface area (TPSA) is 99.2 Å². The van der Waals surface area contributed by atoms with Crippen LogP contribution in [-0.4, -0.2) is 34.2 Å². The van der Waals surface area contributed by atoms with Crippen molar-refractivity contribution in [2.24, 2.45) is 0 Å². The summed E-state index contributed by atoms with van der Waals surface area (Å²) in [6.07, 6.45) is 3.65. The zero-order valence-corrected chi connectivity index (χ0v) is 14.0. The van der Waals surface area contributed by atoms with Crippen molar-refractivity contribution < 1.29 is 13.9 Å². The summed E-state index contributed by atoms with van der Waals surface area (Å²) >= 11 is 0. The molecule has 0 aliphatic rings. The number of hydrogen-bond donors (Lipinski definition) is 1. The van der Waals surface area contributed by atoms with Gasteiger partial charge in [0.25, 0.3) is 11.5 Å². The van der Waals surface area contributed by atoms with Crippen LogP contribution < -0.4 is 10.9 Å². The summed E-state index contributed by atoms with van der Waals surface area (Å²) in [6, 6.07) is 5.17. The summed E-state index contributed by atoms with van der Waals surface area (Å²) in [7, 11) is 1.60. The van der Waals surface area contributed by atoms with E-state index in [4.69, 9.17) is 9.15 Å². The molecule has 0 spiro atoms. The SMILES string of the molecule is COCCCn1cnc2oc(C)c(C(=O)Nc3ccccn3)c2c1=O. The van der Waals surface area contributed by atoms with Crippen LogP contribution in [0.4, 0.5) is 5.82 Å². The van der Waals surface area contributed by atoms with Gasteiger partial charge in [0.2, 0.25) is 5.71 Å². The number of fused-ring (bicyclic) bond motifs is 1. The summed E-state index contributed by atoms with van der Waals surface area (Å²) in [4.78, 5) is 33.6. The molecule has 1 N–H and O–H groups in total. The molecular formula is C17H18N4O4. The number of carbonyl (C=O) groups is 1. The molecule has 0 fully saturated rings. The van der Waals surface area contributed by atoms with Crippen LogP contribution >= 0.6 is 0 Å². The highest BCUT2D eigenvalue weighted by atomic mass is 16.5. The Bertz CT molecular complexity index is 946. The van der Waals surface area contributed by atoms with Crippen LogP contribution in [0.5, 0.6) is 0 Å². The van der Waals surface area contributed by atoms with Gasteiger partial charge < -0.3 is 14.5 Å². The summed E-state index contributed by atoms with van der Waals surface area (Å²) < 4.78 is 11.9. The molecule has 0 bridgehead atoms. The number of aryl methyl sites for hydroxylation is 2. The zero-order valence-electron chi connectivity index (χ0n) is 14.0. The fourth-order valence-electron chi connectivity index (χ4n) is 2.56. The second kappa shape index (κ2) is 7.27. The molecule has 0 aliphatic heterocycles. The lowest BCUT2D eigenvalue weighted by atomic mass is 10.1. The van der Waals surface area contributed by atoms with Crippen molar-refractivity contribution in [3.63, 3.8) is 0 Å². The molecule has 130 valence electrons. The number of nitrogens with one attached hydrogen (secondary N) is 1. The number of pyridine rings is 1. The highest BCUT2D eigenvalue weighted by Crippen LogP contribution is 2.21. The van der Waals surface area contributed by atoms with E-state index in [1.807, 2.05) is 0 Å². The first-order chi connectivity index (χ1) is 12.1. The minimum Gasteiger partial charge on any atom is -0.442 e. The predicted molar refractivity (Wildman–Crippen MR) is 91.7 cm³/mol. The Labute approximate surface area is 143 Å². The van der Waals surface area contributed by atoms with Gasteiger partial charge in [0, 0.05) is 26.5 Å². The number of rotatable bonds is 6. The van der Waals surface area contributed by atoms with Crippen LogP contribution in [0, 0.1) is 6.92 Å². The Balaban J connectivity index is 1.99. The van der Waals surface area contributed by atoms with Crippen molar-refractivity contribution in [3.8, 4) is 0 Å². The van der Waals surface area contributed by atoms with Crippen molar-refractivity contribution in [2.75, 3.05) is 19.0 Å². The van der Waals surface area contributed by atoms with Gasteiger partial charge in [-0.3, -0.25) is 14.2 Å². The number of carbonyl (C=O) groups excluding carboxylic acids is 1. The van der Waals surface area contributed by atoms with Gasteiger partial charge in [0.1, 0.15) is 23.3 Å². The van der Waals surface area contributed by atoms with E-state index in [0.717, 1.165) is 0 Å². The lowest BCUT2D eigenvalue weighted by Gasteiger charge is -2.05. The number of methoxy groups -OCH3 is 1. The minimum absolute atomic E-state index is 0.150. The Morgan fingerprint density at radius 3 is 2.92 bits per heavy atom. The Kier molecular flexibility index (Phi) is 4.90. The smallest absolute Gasteiger partial charge is 0.265 e. The lowest BCUT2D eigenvalue weighted by Crippen LogP contribution is -2.23. The molecule has 3 aromatic rings. The van der Waals surface area contributed by atoms with Gasteiger partial charge >= 0.3 is 0 Å². The largest absolute Gasteiger partial charge is 0.442 e. The van der Waals surface area contributed by atoms with Crippen molar-refractivity contribution in [1.29, 1.82) is 0 Å². The Hall–Kier alpha value is -3.00. The molecule has 0 radical (unpaired) electrons. The normalized spacial score (nSPS) is 11.0. The zero-order chi connectivity index (χ0) is 17.8. The average molecular weight is 342 g/mol. The minimum atomic E-state index is -0.455. The fourth-order valence-corrected chi connectivity index (χ4v) is 2.56. The maximum Gasteiger partial charge on any atom is 0.265 e. The number of ether oxygens (including phenoxy) is 1. The maximum atomic E-state index is 12.7. The first-order valence-electron chi connectivity index (χ1n) is 7.81. The van der Waals surface area contributed by atoms with E-state index < -0.39 is 5.91 Å². The summed E-state index contributed by atoms with van der Waals surface area (Å²) in [5.41, 5.74) is 0.0139. The number of anilines is 1. The number of amides is 1. The van der Waals surface area contributed by atoms with Gasteiger partial charge in [0.05, 0.1) is 5.56 Å². The third-order valence-electron chi connectivity index (χ3n) is 3.74. The number of hydrogen-bond acceptors (Lipinski definition) is 6. The molecule has 0 aliphatic carbocycles. The van der Waals surface area contributed by atoms with Crippen LogP contribution in [0.1, 0.15) is 22.5 Å². The molecule has 1 amide bonds. The molecule has 8 nitrogen and oxygen atoms in total. The van der Waals surface area contributed by atoms with E-state index in [1.165, 1.54) is 10.9 Å². The molecular weight excluding hydrogens is 324 g/mol. The average Bonchev–Trinajstić information content (AvgIpc) is 2.95. The van der Waals surface area contributed by atoms with Crippen LogP contribution in [0.3, 0.4) is 0 Å². The van der Waals surface area contributed by atoms with E-state index in [1.54, 1.807) is 38.4 Å². The summed E-state index contributed by atoms with van der Waals surface area (Å²) in [5, 5.41) is 2.84. The number of aromatic nitrogens is 3. The Morgan fingerprint density at radius 1 is 1.36 bits per heavy atom. The van der Waals surface area contributed by atoms with Gasteiger partial charge in [-0.15, -0.1) is 0 Å². The molecule has 3 heterocycles. The fraction of sp³-hybridized carbons (Fsp3) is 0.294. The van der Waals surface area contributed by atoms with Crippen molar-refractivity contribution >= 4 is 22.8 Å². The molecule has 0 aromatic carbocycles. The monoisotopic (exact) mass is 342 g/mol. The van der Waals surface area contributed by atoms with Crippen LogP contribution in [-0.2, 0) is 11.3 Å². The van der Waals surface area contributed by atoms with Crippen molar-refractivity contribution in [3.05, 3.63) is 52.4 Å². The quantitative estimate of drug-likeness (QED) is 0.688. The van der Waals surface area contributed by atoms with Crippen LogP contribution in [0.2, 0.25) is 0 Å². The maximum absolute atomic E-state index is 12.7. The highest BCUT2D eigenvalue weighted by Gasteiger charge is 2.23. The summed E-state index contributed by atoms with van der Waals surface area (Å²) in [5.74, 6) is 0.275. The van der Waals surface area contributed by atoms with Crippen molar-refractivity contribution in [2.45, 2.75) is 19.9 Å². The van der Waals surface area contributed by atoms with Gasteiger partial charge in [-0.05, 0) is 25.5 Å². The van der Waals surface area contributed by atoms with Crippen LogP contribution in [0.25, 0.3) is 11.1 Å². The highest BCUT2D eigenvalue weighted by molar-refractivity contribution is 6.12. The van der Waals surface area contributed by atoms with E-state index in [-0.39, 0.29) is 22.2 Å². The lowest BCUT2D eigenvalue weighted by molar-refractivity contribution is 0.102. The second-order valence-corrected chi connectivity index (χ2v) is 5.47. The molecule has 8 heteroatoms.